The molecule has 1 amide bonds. The van der Waals surface area contributed by atoms with Crippen LogP contribution >= 0.6 is 0 Å². The second-order valence-corrected chi connectivity index (χ2v) is 7.01. The number of sulfonamides is 1. The molecule has 0 saturated heterocycles. The van der Waals surface area contributed by atoms with Gasteiger partial charge in [-0.15, -0.1) is 0 Å². The lowest BCUT2D eigenvalue weighted by Gasteiger charge is -2.20. The molecule has 8 nitrogen and oxygen atoms in total. The lowest BCUT2D eigenvalue weighted by atomic mass is 10.2. The molecule has 1 aromatic carbocycles. The maximum atomic E-state index is 12.1. The largest absolute Gasteiger partial charge is 0.449 e. The summed E-state index contributed by atoms with van der Waals surface area (Å²) >= 11 is 0. The molecule has 9 heteroatoms. The molecule has 1 N–H and O–H groups in total. The SMILES string of the molecule is CCNS(=O)(=O)c1ccc(C(=O)O[C@H](C)C(=O)N(C)CCC#N)cc1. The Morgan fingerprint density at radius 2 is 1.92 bits per heavy atom. The molecule has 0 aliphatic rings. The molecule has 1 aromatic rings. The van der Waals surface area contributed by atoms with Crippen LogP contribution in [0, 0.1) is 11.3 Å². The number of rotatable bonds is 8. The number of benzene rings is 1. The molecule has 0 heterocycles. The van der Waals surface area contributed by atoms with Gasteiger partial charge in [0.1, 0.15) is 0 Å². The van der Waals surface area contributed by atoms with Crippen molar-refractivity contribution >= 4 is 21.9 Å². The van der Waals surface area contributed by atoms with Gasteiger partial charge in [-0.05, 0) is 31.2 Å². The molecular weight excluding hydrogens is 346 g/mol. The van der Waals surface area contributed by atoms with Crippen LogP contribution in [0.1, 0.15) is 30.6 Å². The molecule has 0 bridgehead atoms. The monoisotopic (exact) mass is 367 g/mol. The number of nitriles is 1. The number of esters is 1. The summed E-state index contributed by atoms with van der Waals surface area (Å²) in [5, 5.41) is 8.52. The number of nitrogens with zero attached hydrogens (tertiary/aromatic N) is 2. The van der Waals surface area contributed by atoms with Gasteiger partial charge in [-0.25, -0.2) is 17.9 Å². The van der Waals surface area contributed by atoms with E-state index in [1.807, 2.05) is 6.07 Å². The summed E-state index contributed by atoms with van der Waals surface area (Å²) in [6.45, 7) is 3.60. The molecule has 0 unspecified atom stereocenters. The van der Waals surface area contributed by atoms with Crippen LogP contribution in [0.25, 0.3) is 0 Å². The third-order valence-electron chi connectivity index (χ3n) is 3.30. The zero-order valence-electron chi connectivity index (χ0n) is 14.4. The standard InChI is InChI=1S/C16H21N3O5S/c1-4-18-25(22,23)14-8-6-13(7-9-14)16(21)24-12(2)15(20)19(3)11-5-10-17/h6-9,12,18H,4-5,11H2,1-3H3/t12-/m1/s1. The molecule has 136 valence electrons. The number of amides is 1. The first-order valence-corrected chi connectivity index (χ1v) is 9.14. The van der Waals surface area contributed by atoms with Crippen molar-refractivity contribution in [3.63, 3.8) is 0 Å². The molecule has 0 aliphatic heterocycles. The summed E-state index contributed by atoms with van der Waals surface area (Å²) in [6, 6.07) is 7.16. The number of ether oxygens (including phenoxy) is 1. The van der Waals surface area contributed by atoms with Crippen LogP contribution in [0.5, 0.6) is 0 Å². The fourth-order valence-corrected chi connectivity index (χ4v) is 3.00. The molecule has 0 saturated carbocycles. The van der Waals surface area contributed by atoms with Crippen molar-refractivity contribution in [1.82, 2.24) is 9.62 Å². The minimum atomic E-state index is -3.60. The second-order valence-electron chi connectivity index (χ2n) is 5.24. The van der Waals surface area contributed by atoms with Crippen LogP contribution in [-0.2, 0) is 19.6 Å². The predicted molar refractivity (Wildman–Crippen MR) is 90.0 cm³/mol. The van der Waals surface area contributed by atoms with E-state index in [9.17, 15) is 18.0 Å². The maximum Gasteiger partial charge on any atom is 0.338 e. The summed E-state index contributed by atoms with van der Waals surface area (Å²) in [6.07, 6.45) is -0.827. The quantitative estimate of drug-likeness (QED) is 0.682. The van der Waals surface area contributed by atoms with Crippen molar-refractivity contribution in [2.45, 2.75) is 31.3 Å². The van der Waals surface area contributed by atoms with Crippen LogP contribution in [0.4, 0.5) is 0 Å². The fraction of sp³-hybridized carbons (Fsp3) is 0.438. The lowest BCUT2D eigenvalue weighted by molar-refractivity contribution is -0.138. The minimum Gasteiger partial charge on any atom is -0.449 e. The van der Waals surface area contributed by atoms with E-state index < -0.39 is 28.0 Å². The van der Waals surface area contributed by atoms with Crippen molar-refractivity contribution in [2.75, 3.05) is 20.1 Å². The van der Waals surface area contributed by atoms with E-state index in [0.29, 0.717) is 0 Å². The number of carbonyl (C=O) groups excluding carboxylic acids is 2. The van der Waals surface area contributed by atoms with Gasteiger partial charge in [0.15, 0.2) is 6.10 Å². The number of carbonyl (C=O) groups is 2. The van der Waals surface area contributed by atoms with E-state index in [1.165, 1.54) is 43.1 Å². The lowest BCUT2D eigenvalue weighted by Crippen LogP contribution is -2.37. The van der Waals surface area contributed by atoms with Crippen LogP contribution in [-0.4, -0.2) is 51.4 Å². The average Bonchev–Trinajstić information content (AvgIpc) is 2.58. The Kier molecular flexibility index (Phi) is 7.54. The Balaban J connectivity index is 2.75. The van der Waals surface area contributed by atoms with Gasteiger partial charge >= 0.3 is 5.97 Å². The summed E-state index contributed by atoms with van der Waals surface area (Å²) in [5.74, 6) is -1.16. The van der Waals surface area contributed by atoms with Gasteiger partial charge in [-0.2, -0.15) is 5.26 Å². The van der Waals surface area contributed by atoms with Crippen molar-refractivity contribution in [3.8, 4) is 6.07 Å². The van der Waals surface area contributed by atoms with Gasteiger partial charge in [0.25, 0.3) is 5.91 Å². The Labute approximate surface area is 147 Å². The van der Waals surface area contributed by atoms with E-state index in [4.69, 9.17) is 10.00 Å². The zero-order chi connectivity index (χ0) is 19.0. The van der Waals surface area contributed by atoms with E-state index in [0.717, 1.165) is 0 Å². The molecule has 1 rings (SSSR count). The first-order valence-electron chi connectivity index (χ1n) is 7.65. The third-order valence-corrected chi connectivity index (χ3v) is 4.86. The van der Waals surface area contributed by atoms with E-state index >= 15 is 0 Å². The van der Waals surface area contributed by atoms with Gasteiger partial charge in [0.05, 0.1) is 22.9 Å². The van der Waals surface area contributed by atoms with Crippen LogP contribution < -0.4 is 4.72 Å². The number of hydrogen-bond donors (Lipinski definition) is 1. The molecule has 0 aromatic heterocycles. The summed E-state index contributed by atoms with van der Waals surface area (Å²) in [5.41, 5.74) is 0.134. The molecular formula is C16H21N3O5S. The van der Waals surface area contributed by atoms with Crippen LogP contribution in [0.3, 0.4) is 0 Å². The molecule has 25 heavy (non-hydrogen) atoms. The highest BCUT2D eigenvalue weighted by atomic mass is 32.2. The highest BCUT2D eigenvalue weighted by molar-refractivity contribution is 7.89. The van der Waals surface area contributed by atoms with Gasteiger partial charge in [0.2, 0.25) is 10.0 Å². The van der Waals surface area contributed by atoms with Crippen LogP contribution in [0.2, 0.25) is 0 Å². The topological polar surface area (TPSA) is 117 Å². The second kappa shape index (κ2) is 9.15. The van der Waals surface area contributed by atoms with Gasteiger partial charge in [0, 0.05) is 20.1 Å². The smallest absolute Gasteiger partial charge is 0.338 e. The van der Waals surface area contributed by atoms with Gasteiger partial charge in [-0.1, -0.05) is 6.92 Å². The Bertz CT molecular complexity index is 753. The third kappa shape index (κ3) is 5.85. The maximum absolute atomic E-state index is 12.1. The minimum absolute atomic E-state index is 0.0336. The van der Waals surface area contributed by atoms with E-state index in [1.54, 1.807) is 6.92 Å². The molecule has 1 atom stereocenters. The average molecular weight is 367 g/mol. The van der Waals surface area contributed by atoms with Crippen molar-refractivity contribution in [3.05, 3.63) is 29.8 Å². The molecule has 0 radical (unpaired) electrons. The summed E-state index contributed by atoms with van der Waals surface area (Å²) < 4.78 is 31.1. The highest BCUT2D eigenvalue weighted by Crippen LogP contribution is 2.12. The Hall–Kier alpha value is -2.44. The first-order chi connectivity index (χ1) is 11.7. The molecule has 0 fully saturated rings. The fourth-order valence-electron chi connectivity index (χ4n) is 1.96. The number of hydrogen-bond acceptors (Lipinski definition) is 6. The molecule has 0 aliphatic carbocycles. The van der Waals surface area contributed by atoms with Crippen molar-refractivity contribution in [2.24, 2.45) is 0 Å². The Morgan fingerprint density at radius 3 is 2.44 bits per heavy atom. The zero-order valence-corrected chi connectivity index (χ0v) is 15.2. The number of likely N-dealkylation sites (N-methyl/N-ethyl adjacent to an activating group) is 1. The predicted octanol–water partition coefficient (Wildman–Crippen LogP) is 0.902. The van der Waals surface area contributed by atoms with E-state index in [-0.39, 0.29) is 30.0 Å². The summed E-state index contributed by atoms with van der Waals surface area (Å²) in [4.78, 5) is 25.4. The highest BCUT2D eigenvalue weighted by Gasteiger charge is 2.22. The Morgan fingerprint density at radius 1 is 1.32 bits per heavy atom. The number of nitrogens with one attached hydrogen (secondary N) is 1. The normalized spacial score (nSPS) is 12.1. The molecule has 0 spiro atoms. The summed E-state index contributed by atoms with van der Waals surface area (Å²) in [7, 11) is -2.08. The van der Waals surface area contributed by atoms with Crippen molar-refractivity contribution < 1.29 is 22.7 Å². The van der Waals surface area contributed by atoms with E-state index in [2.05, 4.69) is 4.72 Å². The van der Waals surface area contributed by atoms with Gasteiger partial charge < -0.3 is 9.64 Å². The van der Waals surface area contributed by atoms with Crippen molar-refractivity contribution in [1.29, 1.82) is 5.26 Å². The van der Waals surface area contributed by atoms with Crippen LogP contribution in [0.15, 0.2) is 29.2 Å². The van der Waals surface area contributed by atoms with Gasteiger partial charge in [-0.3, -0.25) is 4.79 Å². The first kappa shape index (κ1) is 20.6.